The molecule has 1 unspecified atom stereocenters. The third kappa shape index (κ3) is 5.16. The van der Waals surface area contributed by atoms with E-state index in [9.17, 15) is 18.3 Å². The Morgan fingerprint density at radius 3 is 2.36 bits per heavy atom. The maximum atomic E-state index is 15.7. The van der Waals surface area contributed by atoms with Crippen LogP contribution in [0.1, 0.15) is 16.8 Å². The van der Waals surface area contributed by atoms with Crippen molar-refractivity contribution in [3.05, 3.63) is 101 Å². The van der Waals surface area contributed by atoms with Gasteiger partial charge in [-0.15, -0.1) is 5.10 Å². The highest BCUT2D eigenvalue weighted by molar-refractivity contribution is 5.36. The number of hydrogen-bond acceptors (Lipinski definition) is 6. The largest absolute Gasteiger partial charge is 0.481 e. The van der Waals surface area contributed by atoms with Crippen LogP contribution in [0.2, 0.25) is 0 Å². The molecule has 2 aromatic heterocycles. The van der Waals surface area contributed by atoms with Crippen molar-refractivity contribution < 1.29 is 31.8 Å². The Kier molecular flexibility index (Phi) is 6.93. The number of alkyl halides is 2. The highest BCUT2D eigenvalue weighted by Crippen LogP contribution is 2.46. The lowest BCUT2D eigenvalue weighted by Crippen LogP contribution is -2.48. The Hall–Kier alpha value is -4.37. The molecule has 0 saturated heterocycles. The number of aliphatic hydroxyl groups is 1. The molecular weight excluding hydrogens is 485 g/mol. The molecule has 1 N–H and O–H groups in total. The second-order valence-electron chi connectivity index (χ2n) is 7.54. The monoisotopic (exact) mass is 501 g/mol. The van der Waals surface area contributed by atoms with Gasteiger partial charge in [-0.25, -0.2) is 17.9 Å². The van der Waals surface area contributed by atoms with E-state index in [0.717, 1.165) is 35.4 Å². The lowest BCUT2D eigenvalue weighted by Gasteiger charge is -2.35. The van der Waals surface area contributed by atoms with Crippen LogP contribution in [0.4, 0.5) is 22.0 Å². The molecular formula is C24H16F5N5O2. The van der Waals surface area contributed by atoms with Crippen LogP contribution in [0.5, 0.6) is 5.75 Å². The summed E-state index contributed by atoms with van der Waals surface area (Å²) in [4.78, 5) is 3.71. The predicted molar refractivity (Wildman–Crippen MR) is 115 cm³/mol. The van der Waals surface area contributed by atoms with Gasteiger partial charge in [-0.3, -0.25) is 4.98 Å². The van der Waals surface area contributed by atoms with Crippen molar-refractivity contribution in [2.75, 3.05) is 6.61 Å². The van der Waals surface area contributed by atoms with Crippen molar-refractivity contribution in [1.29, 1.82) is 0 Å². The van der Waals surface area contributed by atoms with E-state index < -0.39 is 46.8 Å². The first-order valence-corrected chi connectivity index (χ1v) is 10.3. The summed E-state index contributed by atoms with van der Waals surface area (Å²) < 4.78 is 78.3. The summed E-state index contributed by atoms with van der Waals surface area (Å²) in [5.41, 5.74) is -4.74. The fourth-order valence-electron chi connectivity index (χ4n) is 3.32. The van der Waals surface area contributed by atoms with Gasteiger partial charge in [0.2, 0.25) is 0 Å². The Morgan fingerprint density at radius 1 is 0.972 bits per heavy atom. The zero-order valence-electron chi connectivity index (χ0n) is 18.2. The Morgan fingerprint density at radius 2 is 1.72 bits per heavy atom. The molecule has 2 aromatic carbocycles. The molecule has 12 heteroatoms. The van der Waals surface area contributed by atoms with Gasteiger partial charge in [0.05, 0.1) is 6.54 Å². The van der Waals surface area contributed by atoms with Crippen molar-refractivity contribution in [1.82, 2.24) is 25.2 Å². The SMILES string of the molecule is OC(Cn1cnnn1)(c1ccc(F)cc1F)C(F)(F)c1ccc(C#CCOc2ccc(F)cc2)cn1. The van der Waals surface area contributed by atoms with E-state index in [-0.39, 0.29) is 12.2 Å². The van der Waals surface area contributed by atoms with Crippen LogP contribution < -0.4 is 4.74 Å². The molecule has 7 nitrogen and oxygen atoms in total. The molecule has 0 aliphatic carbocycles. The maximum Gasteiger partial charge on any atom is 0.323 e. The van der Waals surface area contributed by atoms with E-state index in [2.05, 4.69) is 32.4 Å². The quantitative estimate of drug-likeness (QED) is 0.308. The molecule has 1 atom stereocenters. The third-order valence-electron chi connectivity index (χ3n) is 5.12. The fraction of sp³-hybridized carbons (Fsp3) is 0.167. The molecule has 0 amide bonds. The standard InChI is InChI=1S/C24H16F5N5O2/c25-17-4-7-19(8-5-17)36-11-1-2-16-3-10-22(30-13-16)24(28,29)23(35,14-34-15-31-32-33-34)20-9-6-18(26)12-21(20)27/h3-10,12-13,15,35H,11,14H2. The van der Waals surface area contributed by atoms with E-state index in [1.54, 1.807) is 0 Å². The smallest absolute Gasteiger partial charge is 0.323 e. The summed E-state index contributed by atoms with van der Waals surface area (Å²) >= 11 is 0. The van der Waals surface area contributed by atoms with Crippen molar-refractivity contribution in [3.8, 4) is 17.6 Å². The number of pyridine rings is 1. The van der Waals surface area contributed by atoms with Crippen LogP contribution in [-0.4, -0.2) is 36.9 Å². The minimum atomic E-state index is -4.17. The molecule has 4 aromatic rings. The summed E-state index contributed by atoms with van der Waals surface area (Å²) in [5.74, 6) is -1.23. The average molecular weight is 501 g/mol. The first-order chi connectivity index (χ1) is 17.2. The minimum absolute atomic E-state index is 0.0565. The van der Waals surface area contributed by atoms with Crippen LogP contribution in [0.15, 0.2) is 67.1 Å². The molecule has 4 rings (SSSR count). The number of benzene rings is 2. The number of ether oxygens (including phenoxy) is 1. The van der Waals surface area contributed by atoms with Crippen LogP contribution >= 0.6 is 0 Å². The maximum absolute atomic E-state index is 15.7. The van der Waals surface area contributed by atoms with E-state index in [0.29, 0.717) is 11.8 Å². The minimum Gasteiger partial charge on any atom is -0.481 e. The molecule has 2 heterocycles. The number of rotatable bonds is 7. The van der Waals surface area contributed by atoms with E-state index >= 15 is 8.78 Å². The van der Waals surface area contributed by atoms with E-state index in [4.69, 9.17) is 4.74 Å². The van der Waals surface area contributed by atoms with Gasteiger partial charge < -0.3 is 9.84 Å². The number of halogens is 5. The fourth-order valence-corrected chi connectivity index (χ4v) is 3.32. The highest BCUT2D eigenvalue weighted by atomic mass is 19.3. The van der Waals surface area contributed by atoms with Gasteiger partial charge in [0.15, 0.2) is 5.60 Å². The Balaban J connectivity index is 1.58. The van der Waals surface area contributed by atoms with E-state index in [1.165, 1.54) is 30.3 Å². The first-order valence-electron chi connectivity index (χ1n) is 10.3. The first kappa shape index (κ1) is 24.7. The Bertz CT molecular complexity index is 1390. The topological polar surface area (TPSA) is 86.0 Å². The van der Waals surface area contributed by atoms with Gasteiger partial charge in [-0.05, 0) is 59.0 Å². The van der Waals surface area contributed by atoms with Gasteiger partial charge in [-0.1, -0.05) is 11.8 Å². The van der Waals surface area contributed by atoms with Crippen LogP contribution in [0.25, 0.3) is 0 Å². The molecule has 0 radical (unpaired) electrons. The summed E-state index contributed by atoms with van der Waals surface area (Å²) in [5, 5.41) is 21.3. The molecule has 0 saturated carbocycles. The van der Waals surface area contributed by atoms with Gasteiger partial charge in [-0.2, -0.15) is 8.78 Å². The van der Waals surface area contributed by atoms with Gasteiger partial charge in [0.1, 0.15) is 41.8 Å². The van der Waals surface area contributed by atoms with E-state index in [1.807, 2.05) is 0 Å². The van der Waals surface area contributed by atoms with Crippen LogP contribution in [0, 0.1) is 29.3 Å². The molecule has 0 aliphatic heterocycles. The van der Waals surface area contributed by atoms with Crippen molar-refractivity contribution in [2.45, 2.75) is 18.1 Å². The second-order valence-corrected chi connectivity index (χ2v) is 7.54. The average Bonchev–Trinajstić information content (AvgIpc) is 3.36. The number of tetrazole rings is 1. The molecule has 0 fully saturated rings. The van der Waals surface area contributed by atoms with Gasteiger partial charge in [0.25, 0.3) is 0 Å². The van der Waals surface area contributed by atoms with Crippen molar-refractivity contribution >= 4 is 0 Å². The van der Waals surface area contributed by atoms with Crippen LogP contribution in [-0.2, 0) is 18.1 Å². The third-order valence-corrected chi connectivity index (χ3v) is 5.12. The molecule has 36 heavy (non-hydrogen) atoms. The summed E-state index contributed by atoms with van der Waals surface area (Å²) in [6, 6.07) is 9.33. The molecule has 0 bridgehead atoms. The van der Waals surface area contributed by atoms with Crippen molar-refractivity contribution in [2.24, 2.45) is 0 Å². The molecule has 0 aliphatic rings. The van der Waals surface area contributed by atoms with Gasteiger partial charge >= 0.3 is 5.92 Å². The molecule has 184 valence electrons. The number of nitrogens with zero attached hydrogens (tertiary/aromatic N) is 5. The second kappa shape index (κ2) is 10.1. The van der Waals surface area contributed by atoms with Crippen LogP contribution in [0.3, 0.4) is 0 Å². The lowest BCUT2D eigenvalue weighted by molar-refractivity contribution is -0.207. The lowest BCUT2D eigenvalue weighted by atomic mass is 9.84. The zero-order chi connectivity index (χ0) is 25.8. The summed E-state index contributed by atoms with van der Waals surface area (Å²) in [7, 11) is 0. The Labute approximate surface area is 201 Å². The highest BCUT2D eigenvalue weighted by Gasteiger charge is 2.57. The predicted octanol–water partition coefficient (Wildman–Crippen LogP) is 3.60. The number of hydrogen-bond donors (Lipinski definition) is 1. The summed E-state index contributed by atoms with van der Waals surface area (Å²) in [6.45, 7) is -1.02. The summed E-state index contributed by atoms with van der Waals surface area (Å²) in [6.07, 6.45) is 2.01. The van der Waals surface area contributed by atoms with Crippen molar-refractivity contribution in [3.63, 3.8) is 0 Å². The molecule has 0 spiro atoms. The number of aromatic nitrogens is 5. The van der Waals surface area contributed by atoms with Gasteiger partial charge in [0, 0.05) is 23.4 Å². The zero-order valence-corrected chi connectivity index (χ0v) is 18.2. The normalized spacial score (nSPS) is 12.9.